The Labute approximate surface area is 164 Å². The number of nitrogens with zero attached hydrogens (tertiary/aromatic N) is 4. The molecule has 0 radical (unpaired) electrons. The molecule has 10 heteroatoms. The summed E-state index contributed by atoms with van der Waals surface area (Å²) >= 11 is 0. The van der Waals surface area contributed by atoms with Crippen molar-refractivity contribution in [3.05, 3.63) is 48.5 Å². The Morgan fingerprint density at radius 2 is 1.59 bits per heavy atom. The van der Waals surface area contributed by atoms with Gasteiger partial charge in [0.1, 0.15) is 5.82 Å². The van der Waals surface area contributed by atoms with Crippen LogP contribution in [-0.2, 0) is 4.79 Å². The van der Waals surface area contributed by atoms with Crippen LogP contribution >= 0.6 is 0 Å². The molecule has 2 fully saturated rings. The van der Waals surface area contributed by atoms with Crippen LogP contribution < -0.4 is 9.80 Å². The number of aromatic nitrogens is 2. The van der Waals surface area contributed by atoms with Crippen LogP contribution in [0.5, 0.6) is 0 Å². The summed E-state index contributed by atoms with van der Waals surface area (Å²) in [4.78, 5) is 22.0. The van der Waals surface area contributed by atoms with E-state index in [2.05, 4.69) is 19.8 Å². The van der Waals surface area contributed by atoms with E-state index in [9.17, 15) is 17.6 Å². The Hall–Kier alpha value is -2.91. The van der Waals surface area contributed by atoms with Crippen molar-refractivity contribution in [2.24, 2.45) is 11.8 Å². The van der Waals surface area contributed by atoms with Crippen molar-refractivity contribution >= 4 is 17.6 Å². The SMILES string of the molecule is Fc1ccccc1N1C[C@H]2CCN(c3ncccn3)C[C@H]2C1.O=C(O)C(F)(F)F. The molecule has 3 heterocycles. The van der Waals surface area contributed by atoms with Crippen molar-refractivity contribution in [3.63, 3.8) is 0 Å². The lowest BCUT2D eigenvalue weighted by Crippen LogP contribution is -2.40. The number of hydrogen-bond donors (Lipinski definition) is 1. The van der Waals surface area contributed by atoms with Crippen LogP contribution in [0.4, 0.5) is 29.2 Å². The highest BCUT2D eigenvalue weighted by Gasteiger charge is 2.39. The summed E-state index contributed by atoms with van der Waals surface area (Å²) < 4.78 is 45.7. The first-order chi connectivity index (χ1) is 13.8. The number of alkyl halides is 3. The van der Waals surface area contributed by atoms with E-state index in [1.165, 1.54) is 0 Å². The van der Waals surface area contributed by atoms with E-state index in [0.29, 0.717) is 11.8 Å². The van der Waals surface area contributed by atoms with Gasteiger partial charge in [-0.15, -0.1) is 0 Å². The van der Waals surface area contributed by atoms with Crippen LogP contribution in [0.15, 0.2) is 42.7 Å². The molecule has 0 spiro atoms. The third-order valence-corrected chi connectivity index (χ3v) is 5.07. The minimum absolute atomic E-state index is 0.121. The molecule has 2 atom stereocenters. The molecule has 0 aliphatic carbocycles. The first-order valence-corrected chi connectivity index (χ1v) is 9.07. The molecule has 2 aliphatic heterocycles. The molecule has 6 nitrogen and oxygen atoms in total. The molecule has 1 aromatic carbocycles. The number of carbonyl (C=O) groups is 1. The number of aliphatic carboxylic acids is 1. The van der Waals surface area contributed by atoms with Gasteiger partial charge in [0.15, 0.2) is 0 Å². The van der Waals surface area contributed by atoms with Crippen molar-refractivity contribution in [2.45, 2.75) is 12.6 Å². The third kappa shape index (κ3) is 5.12. The number of halogens is 4. The Kier molecular flexibility index (Phi) is 6.19. The molecule has 0 unspecified atom stereocenters. The zero-order valence-corrected chi connectivity index (χ0v) is 15.4. The fourth-order valence-electron chi connectivity index (χ4n) is 3.71. The number of carboxylic acid groups (broad SMARTS) is 1. The molecule has 1 aromatic heterocycles. The van der Waals surface area contributed by atoms with E-state index in [-0.39, 0.29) is 5.82 Å². The predicted molar refractivity (Wildman–Crippen MR) is 98.1 cm³/mol. The molecule has 29 heavy (non-hydrogen) atoms. The van der Waals surface area contributed by atoms with Crippen LogP contribution in [0, 0.1) is 17.7 Å². The maximum atomic E-state index is 14.0. The highest BCUT2D eigenvalue weighted by atomic mass is 19.4. The van der Waals surface area contributed by atoms with Gasteiger partial charge in [0.2, 0.25) is 5.95 Å². The minimum Gasteiger partial charge on any atom is -0.475 e. The molecule has 0 amide bonds. The molecule has 2 aromatic rings. The Balaban J connectivity index is 0.000000298. The normalized spacial score (nSPS) is 21.2. The fourth-order valence-corrected chi connectivity index (χ4v) is 3.71. The predicted octanol–water partition coefficient (Wildman–Crippen LogP) is 3.21. The first-order valence-electron chi connectivity index (χ1n) is 9.07. The number of hydrogen-bond acceptors (Lipinski definition) is 5. The van der Waals surface area contributed by atoms with Crippen LogP contribution in [0.2, 0.25) is 0 Å². The molecule has 4 rings (SSSR count). The molecular weight excluding hydrogens is 392 g/mol. The largest absolute Gasteiger partial charge is 0.490 e. The molecule has 1 N–H and O–H groups in total. The first kappa shape index (κ1) is 20.8. The van der Waals surface area contributed by atoms with Gasteiger partial charge < -0.3 is 14.9 Å². The number of para-hydroxylation sites is 1. The molecule has 2 saturated heterocycles. The average Bonchev–Trinajstić information content (AvgIpc) is 3.12. The summed E-state index contributed by atoms with van der Waals surface area (Å²) in [5.74, 6) is -0.876. The lowest BCUT2D eigenvalue weighted by atomic mass is 9.89. The minimum atomic E-state index is -5.08. The van der Waals surface area contributed by atoms with Gasteiger partial charge >= 0.3 is 12.1 Å². The molecule has 156 valence electrons. The van der Waals surface area contributed by atoms with Gasteiger partial charge in [0.05, 0.1) is 5.69 Å². The second kappa shape index (κ2) is 8.62. The van der Waals surface area contributed by atoms with Gasteiger partial charge in [0, 0.05) is 38.6 Å². The zero-order chi connectivity index (χ0) is 21.0. The van der Waals surface area contributed by atoms with Crippen LogP contribution in [0.1, 0.15) is 6.42 Å². The fraction of sp³-hybridized carbons (Fsp3) is 0.421. The van der Waals surface area contributed by atoms with E-state index < -0.39 is 12.1 Å². The summed E-state index contributed by atoms with van der Waals surface area (Å²) in [5.41, 5.74) is 0.736. The lowest BCUT2D eigenvalue weighted by Gasteiger charge is -2.34. The second-order valence-corrected chi connectivity index (χ2v) is 6.96. The van der Waals surface area contributed by atoms with Crippen molar-refractivity contribution in [1.29, 1.82) is 0 Å². The molecular formula is C19H20F4N4O2. The van der Waals surface area contributed by atoms with Crippen LogP contribution in [0.25, 0.3) is 0 Å². The number of piperidine rings is 1. The summed E-state index contributed by atoms with van der Waals surface area (Å²) in [5, 5.41) is 7.12. The van der Waals surface area contributed by atoms with Crippen molar-refractivity contribution in [1.82, 2.24) is 9.97 Å². The van der Waals surface area contributed by atoms with Crippen molar-refractivity contribution in [3.8, 4) is 0 Å². The van der Waals surface area contributed by atoms with Gasteiger partial charge in [-0.2, -0.15) is 13.2 Å². The van der Waals surface area contributed by atoms with Crippen LogP contribution in [-0.4, -0.2) is 53.4 Å². The van der Waals surface area contributed by atoms with Crippen molar-refractivity contribution < 1.29 is 27.5 Å². The number of fused-ring (bicyclic) bond motifs is 1. The molecule has 0 saturated carbocycles. The summed E-state index contributed by atoms with van der Waals surface area (Å²) in [6, 6.07) is 8.92. The van der Waals surface area contributed by atoms with Gasteiger partial charge in [-0.05, 0) is 36.5 Å². The van der Waals surface area contributed by atoms with E-state index in [4.69, 9.17) is 9.90 Å². The smallest absolute Gasteiger partial charge is 0.475 e. The summed E-state index contributed by atoms with van der Waals surface area (Å²) in [7, 11) is 0. The lowest BCUT2D eigenvalue weighted by molar-refractivity contribution is -0.192. The standard InChI is InChI=1S/C17H19FN4.C2HF3O2/c18-15-4-1-2-5-16(15)22-10-13-6-9-21(11-14(13)12-22)17-19-7-3-8-20-17;3-2(4,5)1(6)7/h1-5,7-8,13-14H,6,9-12H2;(H,6,7)/t13-,14+;/m1./s1. The van der Waals surface area contributed by atoms with Gasteiger partial charge in [-0.3, -0.25) is 0 Å². The Morgan fingerprint density at radius 3 is 2.21 bits per heavy atom. The Morgan fingerprint density at radius 1 is 1.00 bits per heavy atom. The van der Waals surface area contributed by atoms with E-state index in [1.54, 1.807) is 24.5 Å². The maximum Gasteiger partial charge on any atom is 0.490 e. The number of benzene rings is 1. The number of anilines is 2. The molecule has 2 aliphatic rings. The summed E-state index contributed by atoms with van der Waals surface area (Å²) in [6.45, 7) is 3.81. The second-order valence-electron chi connectivity index (χ2n) is 6.96. The number of carboxylic acids is 1. The Bertz CT molecular complexity index is 834. The number of rotatable bonds is 2. The van der Waals surface area contributed by atoms with E-state index in [0.717, 1.165) is 44.2 Å². The van der Waals surface area contributed by atoms with E-state index in [1.807, 2.05) is 18.2 Å². The zero-order valence-electron chi connectivity index (χ0n) is 15.4. The van der Waals surface area contributed by atoms with Gasteiger partial charge in [-0.1, -0.05) is 12.1 Å². The van der Waals surface area contributed by atoms with Gasteiger partial charge in [0.25, 0.3) is 0 Å². The molecule has 0 bridgehead atoms. The highest BCUT2D eigenvalue weighted by molar-refractivity contribution is 5.73. The quantitative estimate of drug-likeness (QED) is 0.764. The third-order valence-electron chi connectivity index (χ3n) is 5.07. The average molecular weight is 412 g/mol. The topological polar surface area (TPSA) is 69.6 Å². The highest BCUT2D eigenvalue weighted by Crippen LogP contribution is 2.35. The monoisotopic (exact) mass is 412 g/mol. The van der Waals surface area contributed by atoms with Crippen LogP contribution in [0.3, 0.4) is 0 Å². The maximum absolute atomic E-state index is 14.0. The van der Waals surface area contributed by atoms with Crippen molar-refractivity contribution in [2.75, 3.05) is 36.0 Å². The van der Waals surface area contributed by atoms with E-state index >= 15 is 0 Å². The summed E-state index contributed by atoms with van der Waals surface area (Å²) in [6.07, 6.45) is -0.392. The van der Waals surface area contributed by atoms with Gasteiger partial charge in [-0.25, -0.2) is 19.2 Å².